The lowest BCUT2D eigenvalue weighted by Gasteiger charge is -2.62. The number of hydrogen-bond acceptors (Lipinski definition) is 13. The fourth-order valence-corrected chi connectivity index (χ4v) is 11.3. The Morgan fingerprint density at radius 3 is 2.36 bits per heavy atom. The van der Waals surface area contributed by atoms with Crippen LogP contribution in [0.1, 0.15) is 90.5 Å². The van der Waals surface area contributed by atoms with Gasteiger partial charge in [-0.1, -0.05) is 13.8 Å². The van der Waals surface area contributed by atoms with Gasteiger partial charge in [0.25, 0.3) is 0 Å². The molecule has 0 spiro atoms. The van der Waals surface area contributed by atoms with Crippen molar-refractivity contribution < 1.29 is 58.4 Å². The number of ether oxygens (including phenoxy) is 5. The lowest BCUT2D eigenvalue weighted by atomic mass is 9.44. The molecule has 13 heteroatoms. The first-order chi connectivity index (χ1) is 23.7. The van der Waals surface area contributed by atoms with E-state index in [4.69, 9.17) is 28.1 Å². The van der Waals surface area contributed by atoms with E-state index in [1.807, 2.05) is 6.07 Å². The first-order valence-electron chi connectivity index (χ1n) is 18.5. The van der Waals surface area contributed by atoms with Crippen LogP contribution in [-0.2, 0) is 28.5 Å². The average molecular weight is 707 g/mol. The van der Waals surface area contributed by atoms with Crippen LogP contribution in [-0.4, -0.2) is 106 Å². The highest BCUT2D eigenvalue weighted by molar-refractivity contribution is 5.66. The number of fused-ring (bicyclic) bond motifs is 5. The Balaban J connectivity index is 1.02. The van der Waals surface area contributed by atoms with E-state index in [0.29, 0.717) is 23.7 Å². The van der Waals surface area contributed by atoms with Crippen molar-refractivity contribution in [3.05, 3.63) is 34.4 Å². The number of aliphatic hydroxyl groups excluding tert-OH is 5. The third-order valence-corrected chi connectivity index (χ3v) is 14.0. The van der Waals surface area contributed by atoms with Gasteiger partial charge >= 0.3 is 11.6 Å². The number of carbonyl (C=O) groups is 1. The van der Waals surface area contributed by atoms with Crippen LogP contribution < -0.4 is 5.63 Å². The first kappa shape index (κ1) is 36.4. The zero-order valence-electron chi connectivity index (χ0n) is 29.3. The Hall–Kier alpha value is -1.94. The molecule has 1 aromatic rings. The van der Waals surface area contributed by atoms with E-state index in [9.17, 15) is 35.1 Å². The number of aliphatic hydroxyl groups is 5. The number of hydrogen-bond donors (Lipinski definition) is 5. The number of rotatable bonds is 6. The van der Waals surface area contributed by atoms with Gasteiger partial charge in [-0.05, 0) is 105 Å². The molecule has 0 bridgehead atoms. The Labute approximate surface area is 292 Å². The van der Waals surface area contributed by atoms with Crippen LogP contribution in [0, 0.1) is 34.5 Å². The fourth-order valence-electron chi connectivity index (χ4n) is 11.3. The molecule has 7 rings (SSSR count). The van der Waals surface area contributed by atoms with E-state index in [1.54, 1.807) is 13.2 Å². The molecule has 0 amide bonds. The van der Waals surface area contributed by atoms with Gasteiger partial charge in [0.2, 0.25) is 0 Å². The highest BCUT2D eigenvalue weighted by Gasteiger charge is 2.65. The summed E-state index contributed by atoms with van der Waals surface area (Å²) in [5, 5.41) is 52.2. The largest absolute Gasteiger partial charge is 0.462 e. The summed E-state index contributed by atoms with van der Waals surface area (Å²) in [6.07, 6.45) is -2.87. The van der Waals surface area contributed by atoms with Crippen LogP contribution >= 0.6 is 0 Å². The topological polar surface area (TPSA) is 195 Å². The normalized spacial score (nSPS) is 50.5. The molecule has 280 valence electrons. The van der Waals surface area contributed by atoms with Gasteiger partial charge < -0.3 is 53.6 Å². The van der Waals surface area contributed by atoms with E-state index in [-0.39, 0.29) is 47.2 Å². The zero-order valence-corrected chi connectivity index (χ0v) is 29.3. The van der Waals surface area contributed by atoms with Crippen molar-refractivity contribution >= 4 is 5.97 Å². The Bertz CT molecular complexity index is 1420. The van der Waals surface area contributed by atoms with Crippen LogP contribution in [0.2, 0.25) is 0 Å². The summed E-state index contributed by atoms with van der Waals surface area (Å²) in [5.41, 5.74) is 0.358. The molecular weight excluding hydrogens is 652 g/mol. The van der Waals surface area contributed by atoms with Gasteiger partial charge in [-0.2, -0.15) is 0 Å². The first-order valence-corrected chi connectivity index (χ1v) is 18.5. The van der Waals surface area contributed by atoms with Gasteiger partial charge in [0, 0.05) is 18.4 Å². The van der Waals surface area contributed by atoms with Gasteiger partial charge in [-0.3, -0.25) is 4.79 Å². The molecule has 13 nitrogen and oxygen atoms in total. The third kappa shape index (κ3) is 6.18. The second-order valence-corrected chi connectivity index (χ2v) is 16.4. The van der Waals surface area contributed by atoms with E-state index in [0.717, 1.165) is 56.9 Å². The minimum Gasteiger partial charge on any atom is -0.462 e. The minimum atomic E-state index is -1.54. The van der Waals surface area contributed by atoms with Crippen LogP contribution in [0.15, 0.2) is 27.6 Å². The monoisotopic (exact) mass is 706 g/mol. The van der Waals surface area contributed by atoms with E-state index in [2.05, 4.69) is 13.8 Å². The highest BCUT2D eigenvalue weighted by atomic mass is 16.7. The number of esters is 1. The molecule has 50 heavy (non-hydrogen) atoms. The molecule has 1 aromatic heterocycles. The predicted octanol–water partition coefficient (Wildman–Crippen LogP) is 1.98. The van der Waals surface area contributed by atoms with Gasteiger partial charge in [0.1, 0.15) is 42.7 Å². The molecule has 0 aromatic carbocycles. The van der Waals surface area contributed by atoms with Crippen molar-refractivity contribution in [3.8, 4) is 0 Å². The highest BCUT2D eigenvalue weighted by Crippen LogP contribution is 2.69. The zero-order chi connectivity index (χ0) is 35.7. The van der Waals surface area contributed by atoms with Gasteiger partial charge in [0.15, 0.2) is 12.6 Å². The molecule has 4 saturated carbocycles. The van der Waals surface area contributed by atoms with E-state index >= 15 is 0 Å². The second-order valence-electron chi connectivity index (χ2n) is 16.4. The molecule has 6 aliphatic rings. The van der Waals surface area contributed by atoms with Crippen LogP contribution in [0.5, 0.6) is 0 Å². The Kier molecular flexibility index (Phi) is 10.1. The molecule has 0 radical (unpaired) electrons. The third-order valence-electron chi connectivity index (χ3n) is 14.0. The molecule has 2 aliphatic heterocycles. The summed E-state index contributed by atoms with van der Waals surface area (Å²) in [4.78, 5) is 24.3. The van der Waals surface area contributed by atoms with Crippen LogP contribution in [0.4, 0.5) is 0 Å². The maximum atomic E-state index is 12.5. The van der Waals surface area contributed by atoms with Crippen LogP contribution in [0.3, 0.4) is 0 Å². The minimum absolute atomic E-state index is 0.0108. The van der Waals surface area contributed by atoms with Crippen molar-refractivity contribution in [2.45, 2.75) is 152 Å². The Morgan fingerprint density at radius 2 is 1.64 bits per heavy atom. The maximum Gasteiger partial charge on any atom is 0.335 e. The smallest absolute Gasteiger partial charge is 0.335 e. The van der Waals surface area contributed by atoms with Crippen molar-refractivity contribution in [1.29, 1.82) is 0 Å². The standard InChI is InChI=1S/C37H54O13/c1-17-33(50-34-31(43)29(41)26(39)16-46-34)30(42)32(44)35(47-17)49-21-11-12-36(3)20(13-21)6-7-22-24-9-8-23(19-5-10-28(40)45-15-19)37(24,4)27(14-25(22)36)48-18(2)38/h5,10,15,17,20-27,29-35,39,41-44H,6-9,11-14,16H2,1-4H3. The lowest BCUT2D eigenvalue weighted by molar-refractivity contribution is -0.350. The number of carbonyl (C=O) groups excluding carboxylic acids is 1. The fraction of sp³-hybridized carbons (Fsp3) is 0.838. The van der Waals surface area contributed by atoms with Crippen molar-refractivity contribution in [2.75, 3.05) is 6.61 Å². The summed E-state index contributed by atoms with van der Waals surface area (Å²) < 4.78 is 35.0. The molecule has 6 fully saturated rings. The van der Waals surface area contributed by atoms with Crippen molar-refractivity contribution in [3.63, 3.8) is 0 Å². The molecule has 18 atom stereocenters. The van der Waals surface area contributed by atoms with Gasteiger partial charge in [0.05, 0.1) is 25.1 Å². The average Bonchev–Trinajstić information content (AvgIpc) is 3.44. The molecule has 2 saturated heterocycles. The quantitative estimate of drug-likeness (QED) is 0.213. The molecular formula is C37H54O13. The molecule has 3 heterocycles. The summed E-state index contributed by atoms with van der Waals surface area (Å²) in [5.74, 6) is 1.43. The molecule has 18 unspecified atom stereocenters. The summed E-state index contributed by atoms with van der Waals surface area (Å²) in [6, 6.07) is 3.35. The van der Waals surface area contributed by atoms with E-state index < -0.39 is 55.3 Å². The summed E-state index contributed by atoms with van der Waals surface area (Å²) >= 11 is 0. The van der Waals surface area contributed by atoms with Gasteiger partial charge in [-0.25, -0.2) is 4.79 Å². The van der Waals surface area contributed by atoms with E-state index in [1.165, 1.54) is 13.0 Å². The second kappa shape index (κ2) is 13.8. The lowest BCUT2D eigenvalue weighted by Crippen LogP contribution is -2.62. The Morgan fingerprint density at radius 1 is 0.880 bits per heavy atom. The molecule has 5 N–H and O–H groups in total. The maximum absolute atomic E-state index is 12.5. The summed E-state index contributed by atoms with van der Waals surface area (Å²) in [7, 11) is 0. The SMILES string of the molecule is CC(=O)OC1CC2C(CCC3CC(OC4OC(C)C(OC5OCC(O)C(O)C5O)C(O)C4O)CCC32C)C2CCC(c3ccc(=O)oc3)C12C. The van der Waals surface area contributed by atoms with Crippen molar-refractivity contribution in [2.24, 2.45) is 34.5 Å². The van der Waals surface area contributed by atoms with Crippen molar-refractivity contribution in [1.82, 2.24) is 0 Å². The van der Waals surface area contributed by atoms with Gasteiger partial charge in [-0.15, -0.1) is 0 Å². The summed E-state index contributed by atoms with van der Waals surface area (Å²) in [6.45, 7) is 7.59. The predicted molar refractivity (Wildman–Crippen MR) is 174 cm³/mol. The molecule has 4 aliphatic carbocycles. The van der Waals surface area contributed by atoms with Crippen LogP contribution in [0.25, 0.3) is 0 Å².